The van der Waals surface area contributed by atoms with Crippen LogP contribution in [0.15, 0.2) is 22.9 Å². The van der Waals surface area contributed by atoms with Crippen LogP contribution in [0.2, 0.25) is 0 Å². The molecule has 0 unspecified atom stereocenters. The molecule has 0 aromatic carbocycles. The van der Waals surface area contributed by atoms with E-state index in [0.29, 0.717) is 6.54 Å². The molecule has 0 atom stereocenters. The Labute approximate surface area is 86.2 Å². The first-order valence-electron chi connectivity index (χ1n) is 4.25. The third kappa shape index (κ3) is 1.54. The number of hydrogen-bond donors (Lipinski definition) is 0. The van der Waals surface area contributed by atoms with Crippen molar-refractivity contribution in [1.29, 1.82) is 5.26 Å². The lowest BCUT2D eigenvalue weighted by Crippen LogP contribution is -1.99. The Morgan fingerprint density at radius 3 is 3.14 bits per heavy atom. The summed E-state index contributed by atoms with van der Waals surface area (Å²) in [6, 6.07) is 6.12. The quantitative estimate of drug-likeness (QED) is 0.752. The number of aromatic nitrogens is 2. The van der Waals surface area contributed by atoms with Gasteiger partial charge in [0.2, 0.25) is 0 Å². The lowest BCUT2D eigenvalue weighted by Gasteiger charge is -1.94. The van der Waals surface area contributed by atoms with Gasteiger partial charge in [-0.05, 0) is 24.4 Å². The fraction of sp³-hybridized carbons (Fsp3) is 0.200. The summed E-state index contributed by atoms with van der Waals surface area (Å²) in [7, 11) is 0. The van der Waals surface area contributed by atoms with Gasteiger partial charge in [-0.25, -0.2) is 0 Å². The first-order chi connectivity index (χ1) is 6.81. The van der Waals surface area contributed by atoms with Crippen molar-refractivity contribution in [3.63, 3.8) is 0 Å². The van der Waals surface area contributed by atoms with Gasteiger partial charge in [0.25, 0.3) is 0 Å². The predicted octanol–water partition coefficient (Wildman–Crippen LogP) is 2.44. The molecule has 0 aliphatic rings. The van der Waals surface area contributed by atoms with E-state index in [9.17, 15) is 0 Å². The minimum absolute atomic E-state index is 0.315. The molecular formula is C10H9N3S. The zero-order valence-electron chi connectivity index (χ0n) is 7.77. The Hall–Kier alpha value is -1.60. The molecule has 0 N–H and O–H groups in total. The van der Waals surface area contributed by atoms with E-state index in [-0.39, 0.29) is 0 Å². The molecule has 70 valence electrons. The summed E-state index contributed by atoms with van der Waals surface area (Å²) >= 11 is 1.65. The molecule has 0 saturated carbocycles. The van der Waals surface area contributed by atoms with Gasteiger partial charge in [0, 0.05) is 16.6 Å². The molecule has 0 saturated heterocycles. The van der Waals surface area contributed by atoms with Gasteiger partial charge in [-0.15, -0.1) is 0 Å². The standard InChI is InChI=1S/C10H9N3S/c1-8-6-10(9-2-5-14-7-9)12-13(8)4-3-11/h2,5-7H,4H2,1H3. The van der Waals surface area contributed by atoms with Crippen LogP contribution in [0.1, 0.15) is 5.69 Å². The van der Waals surface area contributed by atoms with Crippen LogP contribution in [0.4, 0.5) is 0 Å². The van der Waals surface area contributed by atoms with Crippen molar-refractivity contribution in [1.82, 2.24) is 9.78 Å². The SMILES string of the molecule is Cc1cc(-c2ccsc2)nn1CC#N. The second-order valence-electron chi connectivity index (χ2n) is 3.00. The third-order valence-corrected chi connectivity index (χ3v) is 2.70. The first kappa shape index (κ1) is 8.97. The maximum atomic E-state index is 8.58. The van der Waals surface area contributed by atoms with Crippen molar-refractivity contribution in [2.24, 2.45) is 0 Å². The van der Waals surface area contributed by atoms with E-state index in [2.05, 4.69) is 16.5 Å². The van der Waals surface area contributed by atoms with Crippen molar-refractivity contribution >= 4 is 11.3 Å². The Morgan fingerprint density at radius 1 is 1.64 bits per heavy atom. The molecule has 0 fully saturated rings. The zero-order valence-corrected chi connectivity index (χ0v) is 8.58. The van der Waals surface area contributed by atoms with Crippen molar-refractivity contribution in [2.45, 2.75) is 13.5 Å². The Morgan fingerprint density at radius 2 is 2.50 bits per heavy atom. The summed E-state index contributed by atoms with van der Waals surface area (Å²) in [5.74, 6) is 0. The van der Waals surface area contributed by atoms with Crippen molar-refractivity contribution in [3.05, 3.63) is 28.6 Å². The van der Waals surface area contributed by atoms with E-state index in [0.717, 1.165) is 17.0 Å². The molecular weight excluding hydrogens is 194 g/mol. The second kappa shape index (κ2) is 3.64. The summed E-state index contributed by atoms with van der Waals surface area (Å²) in [5.41, 5.74) is 3.08. The van der Waals surface area contributed by atoms with Crippen LogP contribution in [0.5, 0.6) is 0 Å². The molecule has 0 radical (unpaired) electrons. The fourth-order valence-corrected chi connectivity index (χ4v) is 1.94. The van der Waals surface area contributed by atoms with Crippen LogP contribution in [0.25, 0.3) is 11.3 Å². The summed E-state index contributed by atoms with van der Waals surface area (Å²) < 4.78 is 1.72. The Balaban J connectivity index is 2.39. The highest BCUT2D eigenvalue weighted by atomic mass is 32.1. The average Bonchev–Trinajstić information content (AvgIpc) is 2.76. The van der Waals surface area contributed by atoms with Gasteiger partial charge in [0.1, 0.15) is 6.54 Å². The maximum absolute atomic E-state index is 8.58. The maximum Gasteiger partial charge on any atom is 0.128 e. The molecule has 2 rings (SSSR count). The summed E-state index contributed by atoms with van der Waals surface area (Å²) in [6.45, 7) is 2.27. The zero-order chi connectivity index (χ0) is 9.97. The minimum atomic E-state index is 0.315. The molecule has 0 aliphatic carbocycles. The first-order valence-corrected chi connectivity index (χ1v) is 5.19. The van der Waals surface area contributed by atoms with Crippen LogP contribution in [0, 0.1) is 18.3 Å². The smallest absolute Gasteiger partial charge is 0.128 e. The van der Waals surface area contributed by atoms with Crippen LogP contribution in [-0.2, 0) is 6.54 Å². The second-order valence-corrected chi connectivity index (χ2v) is 3.78. The monoisotopic (exact) mass is 203 g/mol. The van der Waals surface area contributed by atoms with Gasteiger partial charge < -0.3 is 0 Å². The molecule has 0 amide bonds. The van der Waals surface area contributed by atoms with E-state index < -0.39 is 0 Å². The van der Waals surface area contributed by atoms with Gasteiger partial charge in [-0.1, -0.05) is 0 Å². The van der Waals surface area contributed by atoms with Gasteiger partial charge in [-0.2, -0.15) is 21.7 Å². The number of thiophene rings is 1. The molecule has 4 heteroatoms. The number of nitriles is 1. The largest absolute Gasteiger partial charge is 0.255 e. The predicted molar refractivity (Wildman–Crippen MR) is 55.9 cm³/mol. The average molecular weight is 203 g/mol. The number of nitrogens with zero attached hydrogens (tertiary/aromatic N) is 3. The topological polar surface area (TPSA) is 41.6 Å². The highest BCUT2D eigenvalue weighted by molar-refractivity contribution is 7.08. The Bertz CT molecular complexity index is 462. The lowest BCUT2D eigenvalue weighted by molar-refractivity contribution is 0.689. The van der Waals surface area contributed by atoms with E-state index in [1.807, 2.05) is 24.4 Å². The highest BCUT2D eigenvalue weighted by Crippen LogP contribution is 2.21. The minimum Gasteiger partial charge on any atom is -0.255 e. The van der Waals surface area contributed by atoms with Gasteiger partial charge in [0.15, 0.2) is 0 Å². The molecule has 0 bridgehead atoms. The summed E-state index contributed by atoms with van der Waals surface area (Å²) in [4.78, 5) is 0. The highest BCUT2D eigenvalue weighted by Gasteiger charge is 2.05. The van der Waals surface area contributed by atoms with E-state index >= 15 is 0 Å². The molecule has 0 aliphatic heterocycles. The number of hydrogen-bond acceptors (Lipinski definition) is 3. The molecule has 2 aromatic rings. The molecule has 3 nitrogen and oxygen atoms in total. The van der Waals surface area contributed by atoms with Gasteiger partial charge in [-0.3, -0.25) is 4.68 Å². The van der Waals surface area contributed by atoms with Crippen molar-refractivity contribution in [3.8, 4) is 17.3 Å². The van der Waals surface area contributed by atoms with Crippen LogP contribution >= 0.6 is 11.3 Å². The molecule has 2 aromatic heterocycles. The van der Waals surface area contributed by atoms with Crippen LogP contribution in [-0.4, -0.2) is 9.78 Å². The van der Waals surface area contributed by atoms with Gasteiger partial charge >= 0.3 is 0 Å². The van der Waals surface area contributed by atoms with Crippen LogP contribution in [0.3, 0.4) is 0 Å². The molecule has 0 spiro atoms. The van der Waals surface area contributed by atoms with E-state index in [1.54, 1.807) is 16.0 Å². The third-order valence-electron chi connectivity index (χ3n) is 2.02. The summed E-state index contributed by atoms with van der Waals surface area (Å²) in [6.07, 6.45) is 0. The lowest BCUT2D eigenvalue weighted by atomic mass is 10.2. The van der Waals surface area contributed by atoms with E-state index in [4.69, 9.17) is 5.26 Å². The number of aryl methyl sites for hydroxylation is 1. The molecule has 14 heavy (non-hydrogen) atoms. The number of rotatable bonds is 2. The fourth-order valence-electron chi connectivity index (χ4n) is 1.29. The Kier molecular flexibility index (Phi) is 2.33. The summed E-state index contributed by atoms with van der Waals surface area (Å²) in [5, 5.41) is 17.0. The van der Waals surface area contributed by atoms with Gasteiger partial charge in [0.05, 0.1) is 11.8 Å². The van der Waals surface area contributed by atoms with Crippen molar-refractivity contribution < 1.29 is 0 Å². The van der Waals surface area contributed by atoms with Crippen molar-refractivity contribution in [2.75, 3.05) is 0 Å². The van der Waals surface area contributed by atoms with E-state index in [1.165, 1.54) is 0 Å². The molecule has 2 heterocycles. The van der Waals surface area contributed by atoms with Crippen LogP contribution < -0.4 is 0 Å². The normalized spacial score (nSPS) is 10.0.